The van der Waals surface area contributed by atoms with E-state index in [2.05, 4.69) is 12.1 Å². The molecular weight excluding hydrogens is 318 g/mol. The number of benzene rings is 1. The van der Waals surface area contributed by atoms with Crippen LogP contribution in [0, 0.1) is 0 Å². The molecule has 25 heavy (non-hydrogen) atoms. The number of nitrogens with zero attached hydrogens (tertiary/aromatic N) is 1. The van der Waals surface area contributed by atoms with Crippen molar-refractivity contribution in [2.24, 2.45) is 0 Å². The molecule has 1 aliphatic heterocycles. The standard InChI is InChI=1S/C20H27NO4/c1-25-18-11-17(12-19(22)23)21(13-18)20(24)16-9-7-15(8-10-16)14-5-3-2-4-6-14/h7-10,14,17-18H,2-6,11-13H2,1H3,(H,22,23). The Labute approximate surface area is 149 Å². The van der Waals surface area contributed by atoms with Crippen LogP contribution in [0.5, 0.6) is 0 Å². The van der Waals surface area contributed by atoms with Gasteiger partial charge in [0, 0.05) is 25.3 Å². The van der Waals surface area contributed by atoms with Crippen LogP contribution in [-0.2, 0) is 9.53 Å². The van der Waals surface area contributed by atoms with Crippen LogP contribution in [0.15, 0.2) is 24.3 Å². The van der Waals surface area contributed by atoms with Crippen molar-refractivity contribution >= 4 is 11.9 Å². The number of rotatable bonds is 5. The van der Waals surface area contributed by atoms with Gasteiger partial charge in [0.15, 0.2) is 0 Å². The first-order chi connectivity index (χ1) is 12.1. The Morgan fingerprint density at radius 2 is 1.84 bits per heavy atom. The summed E-state index contributed by atoms with van der Waals surface area (Å²) in [4.78, 5) is 25.6. The summed E-state index contributed by atoms with van der Waals surface area (Å²) in [6.45, 7) is 0.456. The molecule has 2 atom stereocenters. The molecule has 1 aliphatic carbocycles. The van der Waals surface area contributed by atoms with Crippen molar-refractivity contribution in [2.75, 3.05) is 13.7 Å². The lowest BCUT2D eigenvalue weighted by Gasteiger charge is -2.24. The van der Waals surface area contributed by atoms with Crippen molar-refractivity contribution < 1.29 is 19.4 Å². The molecule has 0 spiro atoms. The van der Waals surface area contributed by atoms with Crippen LogP contribution in [0.4, 0.5) is 0 Å². The van der Waals surface area contributed by atoms with Gasteiger partial charge in [0.05, 0.1) is 12.5 Å². The average molecular weight is 345 g/mol. The minimum atomic E-state index is -0.882. The van der Waals surface area contributed by atoms with E-state index in [9.17, 15) is 9.59 Å². The molecule has 5 nitrogen and oxygen atoms in total. The van der Waals surface area contributed by atoms with Crippen LogP contribution < -0.4 is 0 Å². The van der Waals surface area contributed by atoms with Gasteiger partial charge in [-0.05, 0) is 42.9 Å². The van der Waals surface area contributed by atoms with Crippen molar-refractivity contribution in [3.8, 4) is 0 Å². The predicted molar refractivity (Wildman–Crippen MR) is 94.8 cm³/mol. The molecule has 5 heteroatoms. The van der Waals surface area contributed by atoms with Gasteiger partial charge < -0.3 is 14.7 Å². The number of carbonyl (C=O) groups is 2. The third-order valence-electron chi connectivity index (χ3n) is 5.61. The molecule has 0 radical (unpaired) electrons. The Hall–Kier alpha value is -1.88. The maximum absolute atomic E-state index is 12.9. The van der Waals surface area contributed by atoms with Gasteiger partial charge in [-0.2, -0.15) is 0 Å². The number of hydrogen-bond donors (Lipinski definition) is 1. The molecule has 1 heterocycles. The number of carboxylic acid groups (broad SMARTS) is 1. The SMILES string of the molecule is COC1CC(CC(=O)O)N(C(=O)c2ccc(C3CCCCC3)cc2)C1. The largest absolute Gasteiger partial charge is 0.481 e. The molecular formula is C20H27NO4. The van der Waals surface area contributed by atoms with E-state index in [0.717, 1.165) is 0 Å². The van der Waals surface area contributed by atoms with E-state index in [0.29, 0.717) is 24.4 Å². The van der Waals surface area contributed by atoms with Crippen molar-refractivity contribution in [3.05, 3.63) is 35.4 Å². The maximum atomic E-state index is 12.9. The quantitative estimate of drug-likeness (QED) is 0.888. The number of ether oxygens (including phenoxy) is 1. The van der Waals surface area contributed by atoms with Crippen molar-refractivity contribution in [1.29, 1.82) is 0 Å². The summed E-state index contributed by atoms with van der Waals surface area (Å²) < 4.78 is 5.35. The van der Waals surface area contributed by atoms with Crippen LogP contribution in [0.1, 0.15) is 66.8 Å². The lowest BCUT2D eigenvalue weighted by molar-refractivity contribution is -0.137. The Morgan fingerprint density at radius 1 is 1.16 bits per heavy atom. The van der Waals surface area contributed by atoms with E-state index in [4.69, 9.17) is 9.84 Å². The van der Waals surface area contributed by atoms with E-state index in [1.54, 1.807) is 12.0 Å². The molecule has 1 aromatic rings. The molecule has 2 aliphatic rings. The van der Waals surface area contributed by atoms with E-state index < -0.39 is 5.97 Å². The molecule has 2 fully saturated rings. The molecule has 0 bridgehead atoms. The van der Waals surface area contributed by atoms with Gasteiger partial charge in [-0.15, -0.1) is 0 Å². The number of carbonyl (C=O) groups excluding carboxylic acids is 1. The topological polar surface area (TPSA) is 66.8 Å². The normalized spacial score (nSPS) is 24.4. The first-order valence-electron chi connectivity index (χ1n) is 9.24. The molecule has 1 N–H and O–H groups in total. The van der Waals surface area contributed by atoms with Crippen LogP contribution in [-0.4, -0.2) is 47.7 Å². The molecule has 1 amide bonds. The fourth-order valence-electron chi connectivity index (χ4n) is 4.19. The number of amides is 1. The van der Waals surface area contributed by atoms with Crippen molar-refractivity contribution in [2.45, 2.75) is 63.0 Å². The summed E-state index contributed by atoms with van der Waals surface area (Å²) in [6.07, 6.45) is 6.82. The van der Waals surface area contributed by atoms with E-state index >= 15 is 0 Å². The lowest BCUT2D eigenvalue weighted by atomic mass is 9.84. The van der Waals surface area contributed by atoms with Gasteiger partial charge in [0.2, 0.25) is 0 Å². The summed E-state index contributed by atoms with van der Waals surface area (Å²) in [5.74, 6) is -0.365. The molecule has 1 saturated carbocycles. The number of aliphatic carboxylic acids is 1. The van der Waals surface area contributed by atoms with Crippen molar-refractivity contribution in [3.63, 3.8) is 0 Å². The van der Waals surface area contributed by atoms with Crippen LogP contribution in [0.25, 0.3) is 0 Å². The minimum absolute atomic E-state index is 0.0360. The lowest BCUT2D eigenvalue weighted by Crippen LogP contribution is -2.37. The third kappa shape index (κ3) is 4.21. The van der Waals surface area contributed by atoms with Gasteiger partial charge in [0.25, 0.3) is 5.91 Å². The van der Waals surface area contributed by atoms with Crippen LogP contribution >= 0.6 is 0 Å². The Bertz CT molecular complexity index is 607. The number of methoxy groups -OCH3 is 1. The van der Waals surface area contributed by atoms with E-state index in [1.165, 1.54) is 37.7 Å². The maximum Gasteiger partial charge on any atom is 0.305 e. The van der Waals surface area contributed by atoms with E-state index in [-0.39, 0.29) is 24.5 Å². The molecule has 2 unspecified atom stereocenters. The van der Waals surface area contributed by atoms with Crippen LogP contribution in [0.3, 0.4) is 0 Å². The number of carboxylic acids is 1. The molecule has 1 saturated heterocycles. The highest BCUT2D eigenvalue weighted by Crippen LogP contribution is 2.33. The van der Waals surface area contributed by atoms with Gasteiger partial charge in [-0.3, -0.25) is 9.59 Å². The molecule has 0 aromatic heterocycles. The Morgan fingerprint density at radius 3 is 2.44 bits per heavy atom. The minimum Gasteiger partial charge on any atom is -0.481 e. The second-order valence-electron chi connectivity index (χ2n) is 7.26. The highest BCUT2D eigenvalue weighted by atomic mass is 16.5. The van der Waals surface area contributed by atoms with E-state index in [1.807, 2.05) is 12.1 Å². The smallest absolute Gasteiger partial charge is 0.305 e. The first-order valence-corrected chi connectivity index (χ1v) is 9.24. The van der Waals surface area contributed by atoms with Crippen molar-refractivity contribution in [1.82, 2.24) is 4.90 Å². The van der Waals surface area contributed by atoms with Gasteiger partial charge in [-0.1, -0.05) is 31.4 Å². The molecule has 1 aromatic carbocycles. The van der Waals surface area contributed by atoms with Crippen LogP contribution in [0.2, 0.25) is 0 Å². The summed E-state index contributed by atoms with van der Waals surface area (Å²) in [7, 11) is 1.61. The number of likely N-dealkylation sites (tertiary alicyclic amines) is 1. The summed E-state index contributed by atoms with van der Waals surface area (Å²) in [6, 6.07) is 7.63. The average Bonchev–Trinajstić information content (AvgIpc) is 3.04. The molecule has 3 rings (SSSR count). The van der Waals surface area contributed by atoms with Gasteiger partial charge >= 0.3 is 5.97 Å². The highest BCUT2D eigenvalue weighted by molar-refractivity contribution is 5.95. The Kier molecular flexibility index (Phi) is 5.74. The number of hydrogen-bond acceptors (Lipinski definition) is 3. The summed E-state index contributed by atoms with van der Waals surface area (Å²) in [5, 5.41) is 9.10. The molecule has 136 valence electrons. The second kappa shape index (κ2) is 8.00. The zero-order chi connectivity index (χ0) is 17.8. The zero-order valence-electron chi connectivity index (χ0n) is 14.8. The van der Waals surface area contributed by atoms with Gasteiger partial charge in [-0.25, -0.2) is 0 Å². The Balaban J connectivity index is 1.71. The first kappa shape index (κ1) is 17.9. The zero-order valence-corrected chi connectivity index (χ0v) is 14.8. The van der Waals surface area contributed by atoms with Gasteiger partial charge in [0.1, 0.15) is 0 Å². The summed E-state index contributed by atoms with van der Waals surface area (Å²) >= 11 is 0. The predicted octanol–water partition coefficient (Wildman–Crippen LogP) is 3.44. The third-order valence-corrected chi connectivity index (χ3v) is 5.61. The fourth-order valence-corrected chi connectivity index (χ4v) is 4.19. The summed E-state index contributed by atoms with van der Waals surface area (Å²) in [5.41, 5.74) is 1.95. The fraction of sp³-hybridized carbons (Fsp3) is 0.600. The highest BCUT2D eigenvalue weighted by Gasteiger charge is 2.36. The second-order valence-corrected chi connectivity index (χ2v) is 7.26. The monoisotopic (exact) mass is 345 g/mol.